The topological polar surface area (TPSA) is 142 Å². The first-order valence-electron chi connectivity index (χ1n) is 8.56. The molecule has 0 heterocycles. The van der Waals surface area contributed by atoms with Crippen molar-refractivity contribution in [1.82, 2.24) is 20.9 Å². The number of nitrogens with zero attached hydrogens (tertiary/aromatic N) is 1. The highest BCUT2D eigenvalue weighted by Crippen LogP contribution is 2.14. The normalized spacial score (nSPS) is 11.8. The second-order valence-corrected chi connectivity index (χ2v) is 8.49. The highest BCUT2D eigenvalue weighted by atomic mass is 31.1. The van der Waals surface area contributed by atoms with Crippen molar-refractivity contribution in [2.75, 3.05) is 40.0 Å². The molecule has 2 unspecified atom stereocenters. The average Bonchev–Trinajstić information content (AvgIpc) is 2.63. The molecule has 0 saturated heterocycles. The van der Waals surface area contributed by atoms with E-state index in [1.165, 1.54) is 4.90 Å². The van der Waals surface area contributed by atoms with Crippen LogP contribution in [0.2, 0.25) is 0 Å². The van der Waals surface area contributed by atoms with Gasteiger partial charge in [0.25, 0.3) is 0 Å². The van der Waals surface area contributed by atoms with Gasteiger partial charge in [0.15, 0.2) is 0 Å². The first kappa shape index (κ1) is 25.4. The molecule has 0 aliphatic carbocycles. The Balaban J connectivity index is 4.56. The molecule has 0 aromatic rings. The third-order valence-corrected chi connectivity index (χ3v) is 4.55. The quantitative estimate of drug-likeness (QED) is 0.183. The molecule has 0 fully saturated rings. The summed E-state index contributed by atoms with van der Waals surface area (Å²) < 4.78 is 0. The van der Waals surface area contributed by atoms with Crippen LogP contribution >= 0.6 is 7.55 Å². The predicted octanol–water partition coefficient (Wildman–Crippen LogP) is -1.87. The van der Waals surface area contributed by atoms with Gasteiger partial charge in [0.05, 0.1) is 39.5 Å². The molecule has 0 saturated carbocycles. The van der Waals surface area contributed by atoms with E-state index in [9.17, 15) is 28.8 Å². The fourth-order valence-electron chi connectivity index (χ4n) is 1.93. The smallest absolute Gasteiger partial charge is 0.247 e. The summed E-state index contributed by atoms with van der Waals surface area (Å²) in [6.07, 6.45) is 5.07. The molecule has 0 bridgehead atoms. The Morgan fingerprint density at radius 3 is 2.14 bits per heavy atom. The zero-order chi connectivity index (χ0) is 21.7. The van der Waals surface area contributed by atoms with Crippen molar-refractivity contribution in [3.63, 3.8) is 0 Å². The summed E-state index contributed by atoms with van der Waals surface area (Å²) in [4.78, 5) is 69.9. The zero-order valence-corrected chi connectivity index (χ0v) is 17.3. The van der Waals surface area contributed by atoms with Gasteiger partial charge in [-0.25, -0.2) is 0 Å². The molecule has 0 aliphatic heterocycles. The van der Waals surface area contributed by atoms with Gasteiger partial charge in [-0.05, 0) is 6.42 Å². The lowest BCUT2D eigenvalue weighted by Crippen LogP contribution is -2.52. The fourth-order valence-corrected chi connectivity index (χ4v) is 2.81. The van der Waals surface area contributed by atoms with Crippen LogP contribution in [0.25, 0.3) is 0 Å². The van der Waals surface area contributed by atoms with Crippen LogP contribution in [0.3, 0.4) is 0 Å². The number of nitrogens with one attached hydrogen (secondary N) is 3. The van der Waals surface area contributed by atoms with Gasteiger partial charge in [0.2, 0.25) is 23.6 Å². The second-order valence-electron chi connectivity index (χ2n) is 6.42. The molecule has 28 heavy (non-hydrogen) atoms. The van der Waals surface area contributed by atoms with Gasteiger partial charge in [-0.3, -0.25) is 19.2 Å². The van der Waals surface area contributed by atoms with E-state index in [2.05, 4.69) is 22.2 Å². The molecule has 0 aromatic heterocycles. The standard InChI is InChI=1S/C17H27N4O6P/c1-21(2)16(26)8-19-17(27)13(11-28(3)4)20-15(25)7-18-14(24)6-5-12(9-22)10-23/h9-10,12-13H,3,5-8,11H2,1-2,4H3,(H2-,18,19,20,24,25,27)/p+1. The van der Waals surface area contributed by atoms with E-state index in [0.717, 1.165) is 0 Å². The maximum absolute atomic E-state index is 12.3. The molecule has 11 heteroatoms. The Morgan fingerprint density at radius 2 is 1.64 bits per heavy atom. The van der Waals surface area contributed by atoms with E-state index in [-0.39, 0.29) is 31.8 Å². The van der Waals surface area contributed by atoms with E-state index in [4.69, 9.17) is 0 Å². The van der Waals surface area contributed by atoms with Crippen molar-refractivity contribution in [2.24, 2.45) is 5.92 Å². The Morgan fingerprint density at radius 1 is 1.04 bits per heavy atom. The monoisotopic (exact) mass is 415 g/mol. The minimum Gasteiger partial charge on any atom is -0.347 e. The van der Waals surface area contributed by atoms with E-state index in [1.54, 1.807) is 14.1 Å². The van der Waals surface area contributed by atoms with Gasteiger partial charge in [-0.1, -0.05) is 0 Å². The van der Waals surface area contributed by atoms with Gasteiger partial charge in [0, 0.05) is 20.5 Å². The van der Waals surface area contributed by atoms with E-state index >= 15 is 0 Å². The molecule has 0 aliphatic rings. The first-order valence-corrected chi connectivity index (χ1v) is 10.7. The van der Waals surface area contributed by atoms with Crippen molar-refractivity contribution >= 4 is 50.0 Å². The summed E-state index contributed by atoms with van der Waals surface area (Å²) in [5, 5.41) is 7.35. The number of likely N-dealkylation sites (N-methyl/N-ethyl adjacent to an activating group) is 1. The first-order chi connectivity index (χ1) is 13.1. The summed E-state index contributed by atoms with van der Waals surface area (Å²) in [7, 11) is 2.36. The molecule has 0 rings (SSSR count). The second kappa shape index (κ2) is 13.5. The Labute approximate surface area is 165 Å². The number of carbonyl (C=O) groups is 6. The molecule has 0 radical (unpaired) electrons. The number of amides is 4. The lowest BCUT2D eigenvalue weighted by molar-refractivity contribution is -0.132. The van der Waals surface area contributed by atoms with Crippen LogP contribution in [0.5, 0.6) is 0 Å². The van der Waals surface area contributed by atoms with Crippen molar-refractivity contribution in [3.8, 4) is 0 Å². The van der Waals surface area contributed by atoms with Gasteiger partial charge in [0.1, 0.15) is 24.8 Å². The van der Waals surface area contributed by atoms with Crippen LogP contribution in [0.4, 0.5) is 0 Å². The minimum absolute atomic E-state index is 0.0625. The summed E-state index contributed by atoms with van der Waals surface area (Å²) in [6.45, 7) is 1.29. The molecule has 156 valence electrons. The van der Waals surface area contributed by atoms with Crippen LogP contribution in [-0.2, 0) is 28.8 Å². The van der Waals surface area contributed by atoms with Crippen LogP contribution in [0.15, 0.2) is 0 Å². The van der Waals surface area contributed by atoms with Crippen LogP contribution < -0.4 is 16.0 Å². The summed E-state index contributed by atoms with van der Waals surface area (Å²) in [5.74, 6) is -2.71. The number of hydrogen-bond acceptors (Lipinski definition) is 6. The van der Waals surface area contributed by atoms with Crippen LogP contribution in [-0.4, -0.2) is 93.5 Å². The molecular weight excluding hydrogens is 387 g/mol. The highest BCUT2D eigenvalue weighted by molar-refractivity contribution is 7.55. The van der Waals surface area contributed by atoms with Gasteiger partial charge in [-0.2, -0.15) is 0 Å². The van der Waals surface area contributed by atoms with Crippen molar-refractivity contribution < 1.29 is 28.8 Å². The number of aldehydes is 2. The van der Waals surface area contributed by atoms with Crippen LogP contribution in [0.1, 0.15) is 12.8 Å². The number of hydrogen-bond donors (Lipinski definition) is 3. The molecule has 0 spiro atoms. The molecular formula is C17H28N4O6P+. The fraction of sp³-hybridized carbons (Fsp3) is 0.588. The Hall–Kier alpha value is -2.61. The van der Waals surface area contributed by atoms with E-state index in [0.29, 0.717) is 18.7 Å². The minimum atomic E-state index is -0.873. The average molecular weight is 415 g/mol. The van der Waals surface area contributed by atoms with E-state index in [1.807, 2.05) is 6.66 Å². The molecule has 2 atom stereocenters. The third kappa shape index (κ3) is 11.2. The summed E-state index contributed by atoms with van der Waals surface area (Å²) >= 11 is 0. The van der Waals surface area contributed by atoms with Crippen molar-refractivity contribution in [3.05, 3.63) is 0 Å². The highest BCUT2D eigenvalue weighted by Gasteiger charge is 2.25. The zero-order valence-electron chi connectivity index (χ0n) is 16.4. The van der Waals surface area contributed by atoms with Gasteiger partial charge >= 0.3 is 0 Å². The van der Waals surface area contributed by atoms with Crippen molar-refractivity contribution in [2.45, 2.75) is 18.9 Å². The Bertz CT molecular complexity index is 615. The number of carbonyl (C=O) groups excluding carboxylic acids is 6. The SMILES string of the molecule is C=[P+](C)CC(NC(=O)CNC(=O)CCC(C=O)C=O)C(=O)NCC(=O)N(C)C. The molecule has 4 amide bonds. The molecule has 10 nitrogen and oxygen atoms in total. The molecule has 0 aromatic carbocycles. The van der Waals surface area contributed by atoms with Crippen molar-refractivity contribution in [1.29, 1.82) is 0 Å². The largest absolute Gasteiger partial charge is 0.347 e. The lowest BCUT2D eigenvalue weighted by atomic mass is 10.1. The molecule has 3 N–H and O–H groups in total. The predicted molar refractivity (Wildman–Crippen MR) is 106 cm³/mol. The summed E-state index contributed by atoms with van der Waals surface area (Å²) in [6, 6.07) is -0.873. The maximum atomic E-state index is 12.3. The van der Waals surface area contributed by atoms with Gasteiger partial charge in [-0.15, -0.1) is 0 Å². The lowest BCUT2D eigenvalue weighted by Gasteiger charge is -2.17. The van der Waals surface area contributed by atoms with Gasteiger partial charge < -0.3 is 30.4 Å². The third-order valence-electron chi connectivity index (χ3n) is 3.56. The summed E-state index contributed by atoms with van der Waals surface area (Å²) in [5.41, 5.74) is 0. The van der Waals surface area contributed by atoms with E-state index < -0.39 is 37.2 Å². The number of rotatable bonds is 13. The van der Waals surface area contributed by atoms with Crippen LogP contribution in [0, 0.1) is 5.92 Å². The maximum Gasteiger partial charge on any atom is 0.247 e. The Kier molecular flexibility index (Phi) is 12.3.